The molecule has 6 heteroatoms. The zero-order valence-electron chi connectivity index (χ0n) is 11.1. The molecule has 0 spiro atoms. The Bertz CT molecular complexity index is 469. The lowest BCUT2D eigenvalue weighted by Crippen LogP contribution is -2.46. The van der Waals surface area contributed by atoms with Crippen molar-refractivity contribution in [1.82, 2.24) is 0 Å². The van der Waals surface area contributed by atoms with Crippen LogP contribution >= 0.6 is 27.3 Å². The van der Waals surface area contributed by atoms with Crippen LogP contribution in [0.15, 0.2) is 15.9 Å². The van der Waals surface area contributed by atoms with Gasteiger partial charge >= 0.3 is 11.9 Å². The Labute approximate surface area is 124 Å². The Morgan fingerprint density at radius 2 is 2.16 bits per heavy atom. The van der Waals surface area contributed by atoms with Crippen LogP contribution in [0.4, 0.5) is 0 Å². The molecule has 19 heavy (non-hydrogen) atoms. The lowest BCUT2D eigenvalue weighted by molar-refractivity contribution is -0.172. The van der Waals surface area contributed by atoms with Gasteiger partial charge in [-0.2, -0.15) is 0 Å². The average Bonchev–Trinajstić information content (AvgIpc) is 2.70. The standard InChI is InChI=1S/C13H17BrO4S/c1-4-18-12(17)13(8(2)3,11(15)16)7-10-9(14)5-6-19-10/h5-6,8H,4,7H2,1-3H3,(H,15,16). The molecule has 0 fully saturated rings. The Hall–Kier alpha value is -0.880. The molecule has 1 aromatic rings. The van der Waals surface area contributed by atoms with E-state index in [0.717, 1.165) is 9.35 Å². The summed E-state index contributed by atoms with van der Waals surface area (Å²) < 4.78 is 5.82. The number of hydrogen-bond donors (Lipinski definition) is 1. The molecule has 0 saturated heterocycles. The zero-order chi connectivity index (χ0) is 14.6. The van der Waals surface area contributed by atoms with Crippen LogP contribution in [-0.4, -0.2) is 23.7 Å². The van der Waals surface area contributed by atoms with E-state index in [0.29, 0.717) is 0 Å². The molecule has 1 rings (SSSR count). The van der Waals surface area contributed by atoms with E-state index in [9.17, 15) is 14.7 Å². The molecular formula is C13H17BrO4S. The van der Waals surface area contributed by atoms with Crippen molar-refractivity contribution in [3.05, 3.63) is 20.8 Å². The SMILES string of the molecule is CCOC(=O)C(Cc1sccc1Br)(C(=O)O)C(C)C. The number of aliphatic carboxylic acids is 1. The van der Waals surface area contributed by atoms with Crippen LogP contribution in [0.5, 0.6) is 0 Å². The molecule has 1 atom stereocenters. The van der Waals surface area contributed by atoms with Gasteiger partial charge in [0.2, 0.25) is 0 Å². The van der Waals surface area contributed by atoms with Crippen molar-refractivity contribution in [3.8, 4) is 0 Å². The highest BCUT2D eigenvalue weighted by molar-refractivity contribution is 9.10. The Morgan fingerprint density at radius 1 is 1.53 bits per heavy atom. The van der Waals surface area contributed by atoms with E-state index in [1.807, 2.05) is 11.4 Å². The summed E-state index contributed by atoms with van der Waals surface area (Å²) in [5, 5.41) is 11.4. The minimum Gasteiger partial charge on any atom is -0.480 e. The molecule has 0 saturated carbocycles. The maximum absolute atomic E-state index is 12.2. The molecule has 1 unspecified atom stereocenters. The van der Waals surface area contributed by atoms with E-state index < -0.39 is 17.4 Å². The van der Waals surface area contributed by atoms with E-state index in [2.05, 4.69) is 15.9 Å². The van der Waals surface area contributed by atoms with Crippen molar-refractivity contribution < 1.29 is 19.4 Å². The summed E-state index contributed by atoms with van der Waals surface area (Å²) in [6.07, 6.45) is 0.136. The molecular weight excluding hydrogens is 332 g/mol. The number of carbonyl (C=O) groups excluding carboxylic acids is 1. The highest BCUT2D eigenvalue weighted by atomic mass is 79.9. The van der Waals surface area contributed by atoms with E-state index in [1.165, 1.54) is 11.3 Å². The largest absolute Gasteiger partial charge is 0.480 e. The van der Waals surface area contributed by atoms with Crippen molar-refractivity contribution >= 4 is 39.2 Å². The number of carbonyl (C=O) groups is 2. The molecule has 0 aliphatic carbocycles. The highest BCUT2D eigenvalue weighted by Gasteiger charge is 2.51. The molecule has 0 amide bonds. The van der Waals surface area contributed by atoms with Crippen molar-refractivity contribution in [2.24, 2.45) is 11.3 Å². The number of esters is 1. The van der Waals surface area contributed by atoms with E-state index in [1.54, 1.807) is 20.8 Å². The van der Waals surface area contributed by atoms with Crippen LogP contribution in [0, 0.1) is 11.3 Å². The molecule has 4 nitrogen and oxygen atoms in total. The summed E-state index contributed by atoms with van der Waals surface area (Å²) in [4.78, 5) is 24.7. The fourth-order valence-electron chi connectivity index (χ4n) is 1.89. The van der Waals surface area contributed by atoms with Crippen LogP contribution in [0.2, 0.25) is 0 Å². The Kier molecular flexibility index (Phi) is 5.55. The van der Waals surface area contributed by atoms with Gasteiger partial charge in [0, 0.05) is 15.8 Å². The quantitative estimate of drug-likeness (QED) is 0.632. The molecule has 0 radical (unpaired) electrons. The molecule has 106 valence electrons. The van der Waals surface area contributed by atoms with Gasteiger partial charge in [0.25, 0.3) is 0 Å². The number of carboxylic acids is 1. The summed E-state index contributed by atoms with van der Waals surface area (Å²) in [6, 6.07) is 1.85. The predicted molar refractivity (Wildman–Crippen MR) is 77.3 cm³/mol. The van der Waals surface area contributed by atoms with Crippen molar-refractivity contribution in [2.75, 3.05) is 6.61 Å². The summed E-state index contributed by atoms with van der Waals surface area (Å²) in [5.74, 6) is -2.17. The van der Waals surface area contributed by atoms with Crippen LogP contribution in [0.3, 0.4) is 0 Å². The highest BCUT2D eigenvalue weighted by Crippen LogP contribution is 2.38. The van der Waals surface area contributed by atoms with Gasteiger partial charge in [0.05, 0.1) is 6.61 Å². The molecule has 1 aromatic heterocycles. The first-order chi connectivity index (χ1) is 8.86. The Morgan fingerprint density at radius 3 is 2.53 bits per heavy atom. The number of rotatable bonds is 6. The topological polar surface area (TPSA) is 63.6 Å². The molecule has 0 aliphatic rings. The van der Waals surface area contributed by atoms with Gasteiger partial charge in [-0.05, 0) is 40.2 Å². The number of halogens is 1. The van der Waals surface area contributed by atoms with Gasteiger partial charge in [-0.15, -0.1) is 11.3 Å². The van der Waals surface area contributed by atoms with Crippen molar-refractivity contribution in [2.45, 2.75) is 27.2 Å². The average molecular weight is 349 g/mol. The van der Waals surface area contributed by atoms with Gasteiger partial charge in [-0.3, -0.25) is 9.59 Å². The van der Waals surface area contributed by atoms with Gasteiger partial charge < -0.3 is 9.84 Å². The van der Waals surface area contributed by atoms with Crippen LogP contribution < -0.4 is 0 Å². The number of carboxylic acid groups (broad SMARTS) is 1. The summed E-state index contributed by atoms with van der Waals surface area (Å²) in [5.41, 5.74) is -1.54. The van der Waals surface area contributed by atoms with Crippen molar-refractivity contribution in [3.63, 3.8) is 0 Å². The summed E-state index contributed by atoms with van der Waals surface area (Å²) in [7, 11) is 0. The van der Waals surface area contributed by atoms with Gasteiger partial charge in [-0.25, -0.2) is 0 Å². The van der Waals surface area contributed by atoms with E-state index in [4.69, 9.17) is 4.74 Å². The third kappa shape index (κ3) is 3.17. The lowest BCUT2D eigenvalue weighted by atomic mass is 9.74. The minimum absolute atomic E-state index is 0.136. The maximum atomic E-state index is 12.2. The molecule has 0 aromatic carbocycles. The summed E-state index contributed by atoms with van der Waals surface area (Å²) in [6.45, 7) is 5.30. The first-order valence-corrected chi connectivity index (χ1v) is 7.66. The van der Waals surface area contributed by atoms with Crippen LogP contribution in [0.1, 0.15) is 25.6 Å². The van der Waals surface area contributed by atoms with E-state index >= 15 is 0 Å². The van der Waals surface area contributed by atoms with E-state index in [-0.39, 0.29) is 18.9 Å². The normalized spacial score (nSPS) is 14.2. The fraction of sp³-hybridized carbons (Fsp3) is 0.538. The molecule has 0 bridgehead atoms. The monoisotopic (exact) mass is 348 g/mol. The third-order valence-corrected chi connectivity index (χ3v) is 5.06. The first kappa shape index (κ1) is 16.2. The van der Waals surface area contributed by atoms with Gasteiger partial charge in [0.15, 0.2) is 5.41 Å². The van der Waals surface area contributed by atoms with Crippen molar-refractivity contribution in [1.29, 1.82) is 0 Å². The number of thiophene rings is 1. The second kappa shape index (κ2) is 6.52. The molecule has 1 N–H and O–H groups in total. The fourth-order valence-corrected chi connectivity index (χ4v) is 3.47. The number of ether oxygens (including phenoxy) is 1. The zero-order valence-corrected chi connectivity index (χ0v) is 13.5. The third-order valence-electron chi connectivity index (χ3n) is 3.14. The molecule has 0 aliphatic heterocycles. The summed E-state index contributed by atoms with van der Waals surface area (Å²) >= 11 is 4.80. The van der Waals surface area contributed by atoms with Gasteiger partial charge in [-0.1, -0.05) is 13.8 Å². The predicted octanol–water partition coefficient (Wildman–Crippen LogP) is 3.34. The van der Waals surface area contributed by atoms with Crippen LogP contribution in [0.25, 0.3) is 0 Å². The van der Waals surface area contributed by atoms with Gasteiger partial charge in [0.1, 0.15) is 0 Å². The first-order valence-electron chi connectivity index (χ1n) is 5.98. The second-order valence-corrected chi connectivity index (χ2v) is 6.38. The maximum Gasteiger partial charge on any atom is 0.324 e. The number of hydrogen-bond acceptors (Lipinski definition) is 4. The smallest absolute Gasteiger partial charge is 0.324 e. The molecule has 1 heterocycles. The minimum atomic E-state index is -1.54. The van der Waals surface area contributed by atoms with Crippen LogP contribution in [-0.2, 0) is 20.7 Å². The Balaban J connectivity index is 3.21. The lowest BCUT2D eigenvalue weighted by Gasteiger charge is -2.30. The second-order valence-electron chi connectivity index (χ2n) is 4.52.